The molecule has 22 heavy (non-hydrogen) atoms. The minimum Gasteiger partial charge on any atom is -0.485 e. The number of nitrogens with zero attached hydrogens (tertiary/aromatic N) is 3. The zero-order valence-electron chi connectivity index (χ0n) is 12.4. The van der Waals surface area contributed by atoms with Crippen molar-refractivity contribution in [2.24, 2.45) is 0 Å². The van der Waals surface area contributed by atoms with Crippen LogP contribution in [-0.4, -0.2) is 26.5 Å². The van der Waals surface area contributed by atoms with Crippen LogP contribution in [0.5, 0.6) is 5.75 Å². The number of hydrogen-bond acceptors (Lipinski definition) is 4. The van der Waals surface area contributed by atoms with Gasteiger partial charge in [0.15, 0.2) is 5.82 Å². The largest absolute Gasteiger partial charge is 0.485 e. The maximum absolute atomic E-state index is 9.01. The van der Waals surface area contributed by atoms with Gasteiger partial charge in [0.1, 0.15) is 18.2 Å². The second-order valence-corrected chi connectivity index (χ2v) is 6.00. The fourth-order valence-electron chi connectivity index (χ4n) is 2.52. The summed E-state index contributed by atoms with van der Waals surface area (Å²) in [4.78, 5) is 4.63. The summed E-state index contributed by atoms with van der Waals surface area (Å²) in [6.07, 6.45) is 4.29. The predicted molar refractivity (Wildman–Crippen MR) is 84.1 cm³/mol. The first-order valence-corrected chi connectivity index (χ1v) is 8.07. The van der Waals surface area contributed by atoms with E-state index in [0.29, 0.717) is 42.1 Å². The molecule has 0 spiro atoms. The normalized spacial score (nSPS) is 14.8. The number of aryl methyl sites for hydroxylation is 1. The topological polar surface area (TPSA) is 60.2 Å². The van der Waals surface area contributed by atoms with Crippen LogP contribution in [0.25, 0.3) is 0 Å². The highest BCUT2D eigenvalue weighted by Gasteiger charge is 2.25. The van der Waals surface area contributed by atoms with Crippen molar-refractivity contribution in [1.82, 2.24) is 14.8 Å². The van der Waals surface area contributed by atoms with Crippen molar-refractivity contribution in [1.29, 1.82) is 0 Å². The Kier molecular flexibility index (Phi) is 4.95. The van der Waals surface area contributed by atoms with Gasteiger partial charge in [-0.25, -0.2) is 9.67 Å². The number of hydrogen-bond donors (Lipinski definition) is 1. The van der Waals surface area contributed by atoms with Gasteiger partial charge >= 0.3 is 0 Å². The molecule has 6 heteroatoms. The summed E-state index contributed by atoms with van der Waals surface area (Å²) in [5, 5.41) is 14.2. The molecule has 1 heterocycles. The quantitative estimate of drug-likeness (QED) is 0.851. The van der Waals surface area contributed by atoms with Crippen molar-refractivity contribution in [2.75, 3.05) is 6.61 Å². The lowest BCUT2D eigenvalue weighted by atomic mass is 9.85. The van der Waals surface area contributed by atoms with Crippen molar-refractivity contribution in [2.45, 2.75) is 44.8 Å². The molecule has 1 saturated carbocycles. The highest BCUT2D eigenvalue weighted by molar-refractivity contribution is 6.30. The van der Waals surface area contributed by atoms with E-state index in [1.165, 1.54) is 19.3 Å². The third-order valence-electron chi connectivity index (χ3n) is 3.91. The van der Waals surface area contributed by atoms with Gasteiger partial charge in [0.05, 0.1) is 0 Å². The number of benzene rings is 1. The number of halogens is 1. The van der Waals surface area contributed by atoms with Crippen LogP contribution in [0.3, 0.4) is 0 Å². The van der Waals surface area contributed by atoms with Gasteiger partial charge in [0.2, 0.25) is 0 Å². The number of aromatic nitrogens is 3. The van der Waals surface area contributed by atoms with E-state index in [0.717, 1.165) is 5.82 Å². The van der Waals surface area contributed by atoms with E-state index in [2.05, 4.69) is 10.1 Å². The summed E-state index contributed by atoms with van der Waals surface area (Å²) in [7, 11) is 0. The minimum atomic E-state index is 0.165. The monoisotopic (exact) mass is 321 g/mol. The third kappa shape index (κ3) is 3.59. The molecule has 1 fully saturated rings. The lowest BCUT2D eigenvalue weighted by Crippen LogP contribution is -2.16. The van der Waals surface area contributed by atoms with Gasteiger partial charge in [-0.3, -0.25) is 0 Å². The molecular formula is C16H20ClN3O2. The van der Waals surface area contributed by atoms with Crippen molar-refractivity contribution in [3.8, 4) is 5.75 Å². The van der Waals surface area contributed by atoms with Gasteiger partial charge in [0, 0.05) is 24.1 Å². The fraction of sp³-hybridized carbons (Fsp3) is 0.500. The SMILES string of the molecule is OCCCn1nc(COc2cccc(Cl)c2)nc1C1CCC1. The highest BCUT2D eigenvalue weighted by atomic mass is 35.5. The van der Waals surface area contributed by atoms with Crippen molar-refractivity contribution >= 4 is 11.6 Å². The Morgan fingerprint density at radius 1 is 1.36 bits per heavy atom. The standard InChI is InChI=1S/C16H20ClN3O2/c17-13-6-2-7-14(10-13)22-11-15-18-16(12-4-1-5-12)20(19-15)8-3-9-21/h2,6-7,10,12,21H,1,3-5,8-9,11H2. The molecule has 0 amide bonds. The van der Waals surface area contributed by atoms with Crippen molar-refractivity contribution in [3.05, 3.63) is 40.9 Å². The summed E-state index contributed by atoms with van der Waals surface area (Å²) in [6, 6.07) is 7.30. The second-order valence-electron chi connectivity index (χ2n) is 5.56. The van der Waals surface area contributed by atoms with Crippen LogP contribution in [0.4, 0.5) is 0 Å². The van der Waals surface area contributed by atoms with E-state index in [9.17, 15) is 0 Å². The smallest absolute Gasteiger partial charge is 0.188 e. The van der Waals surface area contributed by atoms with Crippen LogP contribution in [0.15, 0.2) is 24.3 Å². The maximum atomic E-state index is 9.01. The lowest BCUT2D eigenvalue weighted by molar-refractivity contribution is 0.271. The zero-order chi connectivity index (χ0) is 15.4. The molecule has 0 saturated heterocycles. The summed E-state index contributed by atoms with van der Waals surface area (Å²) in [5.41, 5.74) is 0. The van der Waals surface area contributed by atoms with Crippen LogP contribution in [0.2, 0.25) is 5.02 Å². The van der Waals surface area contributed by atoms with E-state index >= 15 is 0 Å². The average Bonchev–Trinajstić information content (AvgIpc) is 2.84. The predicted octanol–water partition coefficient (Wildman–Crippen LogP) is 3.16. The molecule has 118 valence electrons. The molecule has 0 aliphatic heterocycles. The van der Waals surface area contributed by atoms with E-state index in [1.807, 2.05) is 22.9 Å². The highest BCUT2D eigenvalue weighted by Crippen LogP contribution is 2.35. The molecule has 0 bridgehead atoms. The van der Waals surface area contributed by atoms with Gasteiger partial charge < -0.3 is 9.84 Å². The molecule has 3 rings (SSSR count). The van der Waals surface area contributed by atoms with Crippen molar-refractivity contribution < 1.29 is 9.84 Å². The third-order valence-corrected chi connectivity index (χ3v) is 4.14. The van der Waals surface area contributed by atoms with E-state index in [1.54, 1.807) is 6.07 Å². The number of ether oxygens (including phenoxy) is 1. The maximum Gasteiger partial charge on any atom is 0.188 e. The second kappa shape index (κ2) is 7.11. The molecule has 1 aliphatic rings. The van der Waals surface area contributed by atoms with Gasteiger partial charge in [0.25, 0.3) is 0 Å². The summed E-state index contributed by atoms with van der Waals surface area (Å²) >= 11 is 5.94. The first-order valence-electron chi connectivity index (χ1n) is 7.69. The van der Waals surface area contributed by atoms with Crippen LogP contribution >= 0.6 is 11.6 Å². The number of rotatable bonds is 7. The Morgan fingerprint density at radius 3 is 2.91 bits per heavy atom. The lowest BCUT2D eigenvalue weighted by Gasteiger charge is -2.24. The van der Waals surface area contributed by atoms with Gasteiger partial charge in [-0.1, -0.05) is 24.1 Å². The molecule has 1 aromatic carbocycles. The number of aliphatic hydroxyl groups excluding tert-OH is 1. The molecule has 1 aliphatic carbocycles. The first kappa shape index (κ1) is 15.3. The molecule has 0 atom stereocenters. The Morgan fingerprint density at radius 2 is 2.23 bits per heavy atom. The molecule has 0 unspecified atom stereocenters. The van der Waals surface area contributed by atoms with Crippen LogP contribution in [0.1, 0.15) is 43.3 Å². The van der Waals surface area contributed by atoms with E-state index in [4.69, 9.17) is 21.4 Å². The van der Waals surface area contributed by atoms with E-state index < -0.39 is 0 Å². The van der Waals surface area contributed by atoms with Crippen molar-refractivity contribution in [3.63, 3.8) is 0 Å². The molecule has 0 radical (unpaired) electrons. The first-order chi connectivity index (χ1) is 10.8. The summed E-state index contributed by atoms with van der Waals surface area (Å²) in [5.74, 6) is 2.93. The average molecular weight is 322 g/mol. The van der Waals surface area contributed by atoms with Crippen LogP contribution in [-0.2, 0) is 13.2 Å². The zero-order valence-corrected chi connectivity index (χ0v) is 13.2. The van der Waals surface area contributed by atoms with Crippen LogP contribution in [0, 0.1) is 0 Å². The molecule has 1 N–H and O–H groups in total. The molecule has 5 nitrogen and oxygen atoms in total. The van der Waals surface area contributed by atoms with Crippen LogP contribution < -0.4 is 4.74 Å². The fourth-order valence-corrected chi connectivity index (χ4v) is 2.70. The van der Waals surface area contributed by atoms with Gasteiger partial charge in [-0.2, -0.15) is 5.10 Å². The Labute approximate surface area is 134 Å². The summed E-state index contributed by atoms with van der Waals surface area (Å²) in [6.45, 7) is 1.19. The molecular weight excluding hydrogens is 302 g/mol. The molecule has 1 aromatic heterocycles. The van der Waals surface area contributed by atoms with Gasteiger partial charge in [-0.15, -0.1) is 0 Å². The minimum absolute atomic E-state index is 0.165. The number of aliphatic hydroxyl groups is 1. The Hall–Kier alpha value is -1.59. The Balaban J connectivity index is 1.68. The molecule has 2 aromatic rings. The van der Waals surface area contributed by atoms with Gasteiger partial charge in [-0.05, 0) is 37.5 Å². The summed E-state index contributed by atoms with van der Waals surface area (Å²) < 4.78 is 7.63. The van der Waals surface area contributed by atoms with E-state index in [-0.39, 0.29) is 6.61 Å². The Bertz CT molecular complexity index is 626.